The highest BCUT2D eigenvalue weighted by Gasteiger charge is 2.32. The van der Waals surface area contributed by atoms with Crippen LogP contribution in [0, 0.1) is 5.92 Å². The highest BCUT2D eigenvalue weighted by atomic mass is 35.5. The molecule has 0 radical (unpaired) electrons. The minimum Gasteiger partial charge on any atom is -0.394 e. The molecule has 1 fully saturated rings. The number of anilines is 1. The van der Waals surface area contributed by atoms with Crippen molar-refractivity contribution in [1.82, 2.24) is 5.32 Å². The minimum atomic E-state index is 0.0638. The van der Waals surface area contributed by atoms with E-state index in [1.54, 1.807) is 0 Å². The number of aliphatic hydroxyl groups is 1. The zero-order valence-corrected chi connectivity index (χ0v) is 14.2. The predicted molar refractivity (Wildman–Crippen MR) is 90.0 cm³/mol. The second-order valence-electron chi connectivity index (χ2n) is 7.06. The van der Waals surface area contributed by atoms with E-state index < -0.39 is 0 Å². The third kappa shape index (κ3) is 3.91. The molecule has 2 N–H and O–H groups in total. The standard InChI is InChI=1S/C17H27ClN2O/c1-12-8-9-20(15(12)11-21)16-13(6-5-7-14(16)18)10-19-17(2,3)4/h5-7,12,15,19,21H,8-11H2,1-4H3. The van der Waals surface area contributed by atoms with E-state index in [4.69, 9.17) is 11.6 Å². The van der Waals surface area contributed by atoms with E-state index in [0.29, 0.717) is 5.92 Å². The Bertz CT molecular complexity index is 484. The summed E-state index contributed by atoms with van der Waals surface area (Å²) in [6.07, 6.45) is 1.10. The highest BCUT2D eigenvalue weighted by Crippen LogP contribution is 2.37. The van der Waals surface area contributed by atoms with Crippen molar-refractivity contribution in [2.24, 2.45) is 5.92 Å². The van der Waals surface area contributed by atoms with Gasteiger partial charge in [-0.1, -0.05) is 30.7 Å². The van der Waals surface area contributed by atoms with E-state index in [1.807, 2.05) is 12.1 Å². The van der Waals surface area contributed by atoms with Gasteiger partial charge in [-0.15, -0.1) is 0 Å². The molecule has 2 rings (SSSR count). The average Bonchev–Trinajstić information content (AvgIpc) is 2.76. The summed E-state index contributed by atoms with van der Waals surface area (Å²) in [6, 6.07) is 6.23. The molecule has 2 atom stereocenters. The third-order valence-corrected chi connectivity index (χ3v) is 4.54. The second kappa shape index (κ2) is 6.55. The van der Waals surface area contributed by atoms with Crippen molar-refractivity contribution >= 4 is 17.3 Å². The normalized spacial score (nSPS) is 22.9. The largest absolute Gasteiger partial charge is 0.394 e. The number of halogens is 1. The number of nitrogens with zero attached hydrogens (tertiary/aromatic N) is 1. The second-order valence-corrected chi connectivity index (χ2v) is 7.47. The van der Waals surface area contributed by atoms with Gasteiger partial charge in [-0.2, -0.15) is 0 Å². The van der Waals surface area contributed by atoms with Gasteiger partial charge in [-0.05, 0) is 44.7 Å². The van der Waals surface area contributed by atoms with Gasteiger partial charge in [-0.3, -0.25) is 0 Å². The molecular formula is C17H27ClN2O. The summed E-state index contributed by atoms with van der Waals surface area (Å²) in [5.41, 5.74) is 2.35. The molecular weight excluding hydrogens is 284 g/mol. The summed E-state index contributed by atoms with van der Waals surface area (Å²) in [5, 5.41) is 14.0. The fourth-order valence-electron chi connectivity index (χ4n) is 2.95. The topological polar surface area (TPSA) is 35.5 Å². The van der Waals surface area contributed by atoms with Gasteiger partial charge in [0.05, 0.1) is 23.4 Å². The average molecular weight is 311 g/mol. The summed E-state index contributed by atoms with van der Waals surface area (Å²) >= 11 is 6.48. The van der Waals surface area contributed by atoms with Crippen LogP contribution in [0.4, 0.5) is 5.69 Å². The number of rotatable bonds is 4. The highest BCUT2D eigenvalue weighted by molar-refractivity contribution is 6.33. The molecule has 1 heterocycles. The van der Waals surface area contributed by atoms with E-state index in [1.165, 1.54) is 5.56 Å². The summed E-state index contributed by atoms with van der Waals surface area (Å²) in [7, 11) is 0. The Morgan fingerprint density at radius 3 is 2.71 bits per heavy atom. The van der Waals surface area contributed by atoms with Gasteiger partial charge < -0.3 is 15.3 Å². The van der Waals surface area contributed by atoms with E-state index in [-0.39, 0.29) is 18.2 Å². The number of para-hydroxylation sites is 1. The number of benzene rings is 1. The van der Waals surface area contributed by atoms with Crippen molar-refractivity contribution in [3.05, 3.63) is 28.8 Å². The fraction of sp³-hybridized carbons (Fsp3) is 0.647. The lowest BCUT2D eigenvalue weighted by Crippen LogP contribution is -2.38. The van der Waals surface area contributed by atoms with Crippen LogP contribution < -0.4 is 10.2 Å². The Morgan fingerprint density at radius 2 is 2.10 bits per heavy atom. The molecule has 0 saturated carbocycles. The summed E-state index contributed by atoms with van der Waals surface area (Å²) in [4.78, 5) is 2.28. The van der Waals surface area contributed by atoms with Crippen LogP contribution in [0.25, 0.3) is 0 Å². The van der Waals surface area contributed by atoms with Gasteiger partial charge >= 0.3 is 0 Å². The molecule has 21 heavy (non-hydrogen) atoms. The predicted octanol–water partition coefficient (Wildman–Crippen LogP) is 3.44. The van der Waals surface area contributed by atoms with E-state index in [2.05, 4.69) is 44.0 Å². The Balaban J connectivity index is 2.29. The molecule has 0 aromatic heterocycles. The molecule has 4 heteroatoms. The molecule has 0 bridgehead atoms. The van der Waals surface area contributed by atoms with Crippen LogP contribution in [0.15, 0.2) is 18.2 Å². The lowest BCUT2D eigenvalue weighted by atomic mass is 10.0. The van der Waals surface area contributed by atoms with Crippen LogP contribution in [-0.4, -0.2) is 29.8 Å². The molecule has 0 amide bonds. The minimum absolute atomic E-state index is 0.0638. The van der Waals surface area contributed by atoms with Crippen LogP contribution in [0.3, 0.4) is 0 Å². The van der Waals surface area contributed by atoms with E-state index in [9.17, 15) is 5.11 Å². The molecule has 1 aromatic rings. The first-order valence-corrected chi connectivity index (χ1v) is 8.11. The maximum absolute atomic E-state index is 9.71. The number of hydrogen-bond donors (Lipinski definition) is 2. The van der Waals surface area contributed by atoms with Crippen molar-refractivity contribution in [1.29, 1.82) is 0 Å². The van der Waals surface area contributed by atoms with Crippen molar-refractivity contribution in [2.75, 3.05) is 18.1 Å². The lowest BCUT2D eigenvalue weighted by Gasteiger charge is -2.31. The molecule has 1 aliphatic heterocycles. The molecule has 1 aromatic carbocycles. The van der Waals surface area contributed by atoms with Crippen molar-refractivity contribution < 1.29 is 5.11 Å². The Morgan fingerprint density at radius 1 is 1.38 bits per heavy atom. The zero-order valence-electron chi connectivity index (χ0n) is 13.5. The third-order valence-electron chi connectivity index (χ3n) is 4.24. The maximum Gasteiger partial charge on any atom is 0.0643 e. The van der Waals surface area contributed by atoms with E-state index in [0.717, 1.165) is 30.2 Å². The zero-order chi connectivity index (χ0) is 15.6. The van der Waals surface area contributed by atoms with Crippen molar-refractivity contribution in [3.63, 3.8) is 0 Å². The van der Waals surface area contributed by atoms with Crippen LogP contribution in [0.2, 0.25) is 5.02 Å². The van der Waals surface area contributed by atoms with Crippen LogP contribution >= 0.6 is 11.6 Å². The Kier molecular flexibility index (Phi) is 5.18. The number of hydrogen-bond acceptors (Lipinski definition) is 3. The van der Waals surface area contributed by atoms with Gasteiger partial charge in [0.2, 0.25) is 0 Å². The van der Waals surface area contributed by atoms with Crippen LogP contribution in [-0.2, 0) is 6.54 Å². The monoisotopic (exact) mass is 310 g/mol. The first-order valence-electron chi connectivity index (χ1n) is 7.73. The number of nitrogens with one attached hydrogen (secondary N) is 1. The lowest BCUT2D eigenvalue weighted by molar-refractivity contribution is 0.244. The summed E-state index contributed by atoms with van der Waals surface area (Å²) < 4.78 is 0. The molecule has 1 saturated heterocycles. The maximum atomic E-state index is 9.71. The molecule has 2 unspecified atom stereocenters. The fourth-order valence-corrected chi connectivity index (χ4v) is 3.25. The van der Waals surface area contributed by atoms with Crippen LogP contribution in [0.5, 0.6) is 0 Å². The molecule has 3 nitrogen and oxygen atoms in total. The molecule has 1 aliphatic rings. The van der Waals surface area contributed by atoms with E-state index >= 15 is 0 Å². The first kappa shape index (κ1) is 16.6. The summed E-state index contributed by atoms with van der Waals surface area (Å²) in [5.74, 6) is 0.495. The van der Waals surface area contributed by atoms with Crippen LogP contribution in [0.1, 0.15) is 39.7 Å². The smallest absolute Gasteiger partial charge is 0.0643 e. The molecule has 0 spiro atoms. The summed E-state index contributed by atoms with van der Waals surface area (Å²) in [6.45, 7) is 10.6. The Hall–Kier alpha value is -0.770. The Labute approximate surface area is 133 Å². The SMILES string of the molecule is CC1CCN(c2c(Cl)cccc2CNC(C)(C)C)C1CO. The van der Waals surface area contributed by atoms with Gasteiger partial charge in [0, 0.05) is 18.6 Å². The van der Waals surface area contributed by atoms with Crippen molar-refractivity contribution in [2.45, 2.75) is 52.2 Å². The quantitative estimate of drug-likeness (QED) is 0.894. The van der Waals surface area contributed by atoms with Gasteiger partial charge in [0.1, 0.15) is 0 Å². The first-order chi connectivity index (χ1) is 9.83. The molecule has 0 aliphatic carbocycles. The van der Waals surface area contributed by atoms with Gasteiger partial charge in [0.25, 0.3) is 0 Å². The van der Waals surface area contributed by atoms with Gasteiger partial charge in [0.15, 0.2) is 0 Å². The molecule has 118 valence electrons. The van der Waals surface area contributed by atoms with Crippen molar-refractivity contribution in [3.8, 4) is 0 Å². The van der Waals surface area contributed by atoms with Gasteiger partial charge in [-0.25, -0.2) is 0 Å². The number of aliphatic hydroxyl groups excluding tert-OH is 1.